The normalized spacial score (nSPS) is 26.8. The molecule has 0 heterocycles. The third-order valence-electron chi connectivity index (χ3n) is 3.31. The van der Waals surface area contributed by atoms with E-state index >= 15 is 0 Å². The Morgan fingerprint density at radius 3 is 2.61 bits per heavy atom. The molecule has 18 heavy (non-hydrogen) atoms. The summed E-state index contributed by atoms with van der Waals surface area (Å²) >= 11 is 5.51. The van der Waals surface area contributed by atoms with Crippen molar-refractivity contribution in [2.24, 2.45) is 5.92 Å². The Hall–Kier alpha value is -1.25. The van der Waals surface area contributed by atoms with Crippen LogP contribution < -0.4 is 0 Å². The van der Waals surface area contributed by atoms with Crippen molar-refractivity contribution in [3.05, 3.63) is 34.3 Å². The lowest BCUT2D eigenvalue weighted by molar-refractivity contribution is -0.137. The largest absolute Gasteiger partial charge is 0.417 e. The van der Waals surface area contributed by atoms with Gasteiger partial charge in [-0.2, -0.15) is 18.4 Å². The van der Waals surface area contributed by atoms with Crippen LogP contribution >= 0.6 is 11.6 Å². The molecule has 0 spiro atoms. The monoisotopic (exact) mass is 275 g/mol. The summed E-state index contributed by atoms with van der Waals surface area (Å²) < 4.78 is 38.1. The Kier molecular flexibility index (Phi) is 3.04. The highest BCUT2D eigenvalue weighted by molar-refractivity contribution is 6.31. The second kappa shape index (κ2) is 4.15. The summed E-state index contributed by atoms with van der Waals surface area (Å²) in [5, 5.41) is 17.7. The molecule has 1 aliphatic carbocycles. The molecule has 0 aliphatic heterocycles. The summed E-state index contributed by atoms with van der Waals surface area (Å²) in [7, 11) is 0. The average Bonchev–Trinajstić information content (AvgIpc) is 3.03. The van der Waals surface area contributed by atoms with Crippen molar-refractivity contribution in [2.75, 3.05) is 6.61 Å². The number of benzene rings is 1. The number of halogens is 4. The van der Waals surface area contributed by atoms with E-state index in [0.29, 0.717) is 6.42 Å². The summed E-state index contributed by atoms with van der Waals surface area (Å²) in [4.78, 5) is 0. The Bertz CT molecular complexity index is 523. The van der Waals surface area contributed by atoms with E-state index in [2.05, 4.69) is 0 Å². The fraction of sp³-hybridized carbons (Fsp3) is 0.417. The van der Waals surface area contributed by atoms with Gasteiger partial charge in [-0.05, 0) is 24.1 Å². The topological polar surface area (TPSA) is 44.0 Å². The summed E-state index contributed by atoms with van der Waals surface area (Å²) in [6.07, 6.45) is -4.17. The van der Waals surface area contributed by atoms with Crippen molar-refractivity contribution in [3.63, 3.8) is 0 Å². The van der Waals surface area contributed by atoms with Crippen molar-refractivity contribution in [3.8, 4) is 6.07 Å². The Balaban J connectivity index is 2.47. The lowest BCUT2D eigenvalue weighted by atomic mass is 9.93. The van der Waals surface area contributed by atoms with Crippen molar-refractivity contribution in [2.45, 2.75) is 18.0 Å². The van der Waals surface area contributed by atoms with E-state index in [-0.39, 0.29) is 23.1 Å². The first kappa shape index (κ1) is 13.2. The highest BCUT2D eigenvalue weighted by atomic mass is 35.5. The van der Waals surface area contributed by atoms with Crippen LogP contribution in [0.1, 0.15) is 17.5 Å². The molecule has 0 aromatic heterocycles. The maximum absolute atomic E-state index is 12.7. The lowest BCUT2D eigenvalue weighted by Gasteiger charge is -2.14. The average molecular weight is 276 g/mol. The fourth-order valence-electron chi connectivity index (χ4n) is 2.13. The number of hydrogen-bond acceptors (Lipinski definition) is 2. The van der Waals surface area contributed by atoms with Crippen LogP contribution in [0.25, 0.3) is 0 Å². The zero-order valence-corrected chi connectivity index (χ0v) is 9.89. The second-order valence-corrected chi connectivity index (χ2v) is 4.77. The Labute approximate surface area is 107 Å². The minimum atomic E-state index is -4.55. The van der Waals surface area contributed by atoms with Gasteiger partial charge in [-0.3, -0.25) is 0 Å². The van der Waals surface area contributed by atoms with Crippen molar-refractivity contribution in [1.82, 2.24) is 0 Å². The van der Waals surface area contributed by atoms with Gasteiger partial charge in [0.05, 0.1) is 22.1 Å². The van der Waals surface area contributed by atoms with Crippen LogP contribution in [0.15, 0.2) is 18.2 Å². The molecule has 1 N–H and O–H groups in total. The molecule has 2 atom stereocenters. The van der Waals surface area contributed by atoms with Crippen molar-refractivity contribution in [1.29, 1.82) is 5.26 Å². The predicted octanol–water partition coefficient (Wildman–Crippen LogP) is 3.13. The van der Waals surface area contributed by atoms with Gasteiger partial charge in [0.1, 0.15) is 0 Å². The van der Waals surface area contributed by atoms with E-state index in [1.54, 1.807) is 0 Å². The Morgan fingerprint density at radius 2 is 2.17 bits per heavy atom. The third-order valence-corrected chi connectivity index (χ3v) is 3.64. The number of aliphatic hydroxyl groups is 1. The molecular weight excluding hydrogens is 267 g/mol. The summed E-state index contributed by atoms with van der Waals surface area (Å²) in [5.41, 5.74) is -1.68. The molecule has 96 valence electrons. The molecule has 1 aromatic carbocycles. The summed E-state index contributed by atoms with van der Waals surface area (Å²) in [6.45, 7) is -0.211. The quantitative estimate of drug-likeness (QED) is 0.901. The zero-order chi connectivity index (χ0) is 13.6. The van der Waals surface area contributed by atoms with Gasteiger partial charge in [-0.15, -0.1) is 0 Å². The minimum absolute atomic E-state index is 0.211. The maximum Gasteiger partial charge on any atom is 0.417 e. The lowest BCUT2D eigenvalue weighted by Crippen LogP contribution is -2.13. The smallest absolute Gasteiger partial charge is 0.396 e. The number of nitriles is 1. The number of aliphatic hydroxyl groups excluding tert-OH is 1. The van der Waals surface area contributed by atoms with Gasteiger partial charge in [0.2, 0.25) is 0 Å². The van der Waals surface area contributed by atoms with Gasteiger partial charge in [-0.25, -0.2) is 0 Å². The third kappa shape index (κ3) is 1.96. The minimum Gasteiger partial charge on any atom is -0.396 e. The standard InChI is InChI=1S/C12H9ClF3NO/c13-10-2-1-7(3-9(10)12(14,15)16)11(6-17)4-8(11)5-18/h1-3,8,18H,4-5H2. The number of nitrogens with zero attached hydrogens (tertiary/aromatic N) is 1. The van der Waals surface area contributed by atoms with E-state index in [0.717, 1.165) is 12.1 Å². The first-order chi connectivity index (χ1) is 8.35. The van der Waals surface area contributed by atoms with Crippen molar-refractivity contribution < 1.29 is 18.3 Å². The molecule has 0 saturated heterocycles. The van der Waals surface area contributed by atoms with Gasteiger partial charge in [-0.1, -0.05) is 17.7 Å². The van der Waals surface area contributed by atoms with Crippen LogP contribution in [-0.4, -0.2) is 11.7 Å². The van der Waals surface area contributed by atoms with Crippen LogP contribution in [0.4, 0.5) is 13.2 Å². The predicted molar refractivity (Wildman–Crippen MR) is 58.9 cm³/mol. The van der Waals surface area contributed by atoms with Crippen LogP contribution in [-0.2, 0) is 11.6 Å². The summed E-state index contributed by atoms with van der Waals surface area (Å²) in [6, 6.07) is 5.46. The first-order valence-electron chi connectivity index (χ1n) is 5.24. The molecule has 2 rings (SSSR count). The molecular formula is C12H9ClF3NO. The molecule has 0 radical (unpaired) electrons. The zero-order valence-electron chi connectivity index (χ0n) is 9.13. The van der Waals surface area contributed by atoms with Gasteiger partial charge >= 0.3 is 6.18 Å². The molecule has 0 amide bonds. The molecule has 1 fully saturated rings. The second-order valence-electron chi connectivity index (χ2n) is 4.36. The van der Waals surface area contributed by atoms with Crippen LogP contribution in [0.5, 0.6) is 0 Å². The van der Waals surface area contributed by atoms with Gasteiger partial charge in [0.25, 0.3) is 0 Å². The number of alkyl halides is 3. The Morgan fingerprint density at radius 1 is 1.50 bits per heavy atom. The highest BCUT2D eigenvalue weighted by Crippen LogP contribution is 2.54. The van der Waals surface area contributed by atoms with E-state index in [1.165, 1.54) is 6.07 Å². The van der Waals surface area contributed by atoms with Crippen molar-refractivity contribution >= 4 is 11.6 Å². The number of hydrogen-bond donors (Lipinski definition) is 1. The van der Waals surface area contributed by atoms with Gasteiger partial charge in [0, 0.05) is 12.5 Å². The highest BCUT2D eigenvalue weighted by Gasteiger charge is 2.56. The van der Waals surface area contributed by atoms with Crippen LogP contribution in [0, 0.1) is 17.2 Å². The fourth-order valence-corrected chi connectivity index (χ4v) is 2.35. The molecule has 1 aromatic rings. The van der Waals surface area contributed by atoms with Crippen LogP contribution in [0.3, 0.4) is 0 Å². The molecule has 0 bridgehead atoms. The maximum atomic E-state index is 12.7. The first-order valence-corrected chi connectivity index (χ1v) is 5.62. The van der Waals surface area contributed by atoms with Gasteiger partial charge < -0.3 is 5.11 Å². The molecule has 1 aliphatic rings. The molecule has 1 saturated carbocycles. The molecule has 2 unspecified atom stereocenters. The molecule has 6 heteroatoms. The number of rotatable bonds is 2. The van der Waals surface area contributed by atoms with E-state index in [4.69, 9.17) is 22.0 Å². The summed E-state index contributed by atoms with van der Waals surface area (Å²) in [5.74, 6) is -0.301. The van der Waals surface area contributed by atoms with E-state index in [1.807, 2.05) is 6.07 Å². The molecule has 2 nitrogen and oxygen atoms in total. The SMILES string of the molecule is N#CC1(c2ccc(Cl)c(C(F)(F)F)c2)CC1CO. The van der Waals surface area contributed by atoms with Gasteiger partial charge in [0.15, 0.2) is 0 Å². The van der Waals surface area contributed by atoms with E-state index in [9.17, 15) is 13.2 Å². The van der Waals surface area contributed by atoms with E-state index < -0.39 is 17.2 Å². The van der Waals surface area contributed by atoms with Crippen LogP contribution in [0.2, 0.25) is 5.02 Å².